The van der Waals surface area contributed by atoms with E-state index in [-0.39, 0.29) is 0 Å². The van der Waals surface area contributed by atoms with Crippen molar-refractivity contribution < 1.29 is 5.11 Å². The number of rotatable bonds is 4. The van der Waals surface area contributed by atoms with Gasteiger partial charge in [0.1, 0.15) is 6.23 Å². The van der Waals surface area contributed by atoms with Gasteiger partial charge < -0.3 is 5.11 Å². The number of likely N-dealkylation sites (tertiary alicyclic amines) is 1. The van der Waals surface area contributed by atoms with Crippen LogP contribution < -0.4 is 0 Å². The Morgan fingerprint density at radius 2 is 1.08 bits per heavy atom. The van der Waals surface area contributed by atoms with Crippen molar-refractivity contribution in [2.75, 3.05) is 6.54 Å². The predicted octanol–water partition coefficient (Wildman–Crippen LogP) is 4.78. The number of nitrogens with zero attached hydrogens (tertiary/aromatic N) is 1. The van der Waals surface area contributed by atoms with Crippen LogP contribution in [0.1, 0.15) is 36.0 Å². The lowest BCUT2D eigenvalue weighted by atomic mass is 9.74. The second-order valence-corrected chi connectivity index (χ2v) is 6.98. The minimum absolute atomic E-state index is 0.454. The summed E-state index contributed by atoms with van der Waals surface area (Å²) in [5.41, 5.74) is 3.08. The lowest BCUT2D eigenvalue weighted by Gasteiger charge is -2.49. The number of aliphatic hydroxyl groups excluding tert-OH is 1. The van der Waals surface area contributed by atoms with Crippen LogP contribution >= 0.6 is 0 Å². The molecule has 2 nitrogen and oxygen atoms in total. The first-order valence-corrected chi connectivity index (χ1v) is 9.45. The van der Waals surface area contributed by atoms with Crippen LogP contribution in [0, 0.1) is 0 Å². The Balaban J connectivity index is 2.03. The third-order valence-electron chi connectivity index (χ3n) is 5.48. The van der Waals surface area contributed by atoms with Gasteiger partial charge in [-0.05, 0) is 36.0 Å². The lowest BCUT2D eigenvalue weighted by Crippen LogP contribution is -2.55. The van der Waals surface area contributed by atoms with Crippen molar-refractivity contribution in [2.24, 2.45) is 0 Å². The minimum Gasteiger partial charge on any atom is -0.378 e. The zero-order valence-electron chi connectivity index (χ0n) is 15.0. The van der Waals surface area contributed by atoms with Gasteiger partial charge in [0.05, 0.1) is 5.54 Å². The molecule has 1 heterocycles. The Labute approximate surface area is 155 Å². The van der Waals surface area contributed by atoms with Crippen molar-refractivity contribution in [3.63, 3.8) is 0 Å². The average Bonchev–Trinajstić information content (AvgIpc) is 2.72. The van der Waals surface area contributed by atoms with Crippen LogP contribution in [0.15, 0.2) is 91.0 Å². The molecule has 0 amide bonds. The van der Waals surface area contributed by atoms with E-state index in [1.54, 1.807) is 0 Å². The highest BCUT2D eigenvalue weighted by molar-refractivity contribution is 5.49. The number of hydrogen-bond acceptors (Lipinski definition) is 2. The monoisotopic (exact) mass is 343 g/mol. The van der Waals surface area contributed by atoms with Crippen LogP contribution in [0.5, 0.6) is 0 Å². The summed E-state index contributed by atoms with van der Waals surface area (Å²) in [5, 5.41) is 11.0. The highest BCUT2D eigenvalue weighted by atomic mass is 16.3. The summed E-state index contributed by atoms with van der Waals surface area (Å²) in [6, 6.07) is 31.8. The van der Waals surface area contributed by atoms with Crippen molar-refractivity contribution in [3.8, 4) is 0 Å². The van der Waals surface area contributed by atoms with Crippen molar-refractivity contribution in [1.29, 1.82) is 0 Å². The minimum atomic E-state index is -0.496. The molecule has 3 aromatic rings. The quantitative estimate of drug-likeness (QED) is 0.689. The Bertz CT molecular complexity index is 720. The normalized spacial score (nSPS) is 18.6. The molecule has 1 aliphatic heterocycles. The average molecular weight is 343 g/mol. The molecule has 1 unspecified atom stereocenters. The van der Waals surface area contributed by atoms with Gasteiger partial charge >= 0.3 is 0 Å². The molecule has 132 valence electrons. The van der Waals surface area contributed by atoms with E-state index in [1.807, 2.05) is 0 Å². The summed E-state index contributed by atoms with van der Waals surface area (Å²) < 4.78 is 0. The molecule has 0 bridgehead atoms. The smallest absolute Gasteiger partial charge is 0.108 e. The zero-order valence-corrected chi connectivity index (χ0v) is 15.0. The molecular weight excluding hydrogens is 318 g/mol. The van der Waals surface area contributed by atoms with Gasteiger partial charge in [0.2, 0.25) is 0 Å². The molecule has 1 aliphatic rings. The maximum Gasteiger partial charge on any atom is 0.108 e. The van der Waals surface area contributed by atoms with E-state index >= 15 is 0 Å². The van der Waals surface area contributed by atoms with Gasteiger partial charge in [-0.15, -0.1) is 0 Å². The fourth-order valence-corrected chi connectivity index (χ4v) is 4.34. The second kappa shape index (κ2) is 7.45. The van der Waals surface area contributed by atoms with Crippen LogP contribution in [0.2, 0.25) is 0 Å². The molecule has 0 radical (unpaired) electrons. The molecule has 0 aromatic heterocycles. The van der Waals surface area contributed by atoms with Gasteiger partial charge in [-0.2, -0.15) is 0 Å². The Morgan fingerprint density at radius 1 is 0.654 bits per heavy atom. The zero-order chi connectivity index (χ0) is 17.8. The van der Waals surface area contributed by atoms with E-state index in [0.29, 0.717) is 0 Å². The molecule has 4 rings (SSSR count). The van der Waals surface area contributed by atoms with Gasteiger partial charge in [0.15, 0.2) is 0 Å². The second-order valence-electron chi connectivity index (χ2n) is 6.98. The fourth-order valence-electron chi connectivity index (χ4n) is 4.34. The van der Waals surface area contributed by atoms with Crippen LogP contribution in [0.3, 0.4) is 0 Å². The number of benzene rings is 3. The van der Waals surface area contributed by atoms with E-state index in [4.69, 9.17) is 0 Å². The summed E-state index contributed by atoms with van der Waals surface area (Å²) in [7, 11) is 0. The number of piperidine rings is 1. The Kier molecular flexibility index (Phi) is 4.87. The summed E-state index contributed by atoms with van der Waals surface area (Å²) >= 11 is 0. The van der Waals surface area contributed by atoms with Crippen molar-refractivity contribution in [3.05, 3.63) is 108 Å². The maximum atomic E-state index is 11.0. The van der Waals surface area contributed by atoms with E-state index < -0.39 is 11.8 Å². The van der Waals surface area contributed by atoms with Crippen LogP contribution in [-0.4, -0.2) is 22.8 Å². The SMILES string of the molecule is OC1CCCCN1C(c1ccccc1)(c1ccccc1)c1ccccc1. The maximum absolute atomic E-state index is 11.0. The molecule has 1 fully saturated rings. The van der Waals surface area contributed by atoms with E-state index in [2.05, 4.69) is 95.9 Å². The summed E-state index contributed by atoms with van der Waals surface area (Å²) in [5.74, 6) is 0. The molecule has 1 N–H and O–H groups in total. The van der Waals surface area contributed by atoms with Crippen molar-refractivity contribution >= 4 is 0 Å². The largest absolute Gasteiger partial charge is 0.378 e. The van der Waals surface area contributed by atoms with E-state index in [0.717, 1.165) is 25.8 Å². The third-order valence-corrected chi connectivity index (χ3v) is 5.48. The van der Waals surface area contributed by atoms with Crippen molar-refractivity contribution in [2.45, 2.75) is 31.0 Å². The van der Waals surface area contributed by atoms with Gasteiger partial charge in [-0.3, -0.25) is 4.90 Å². The number of aliphatic hydroxyl groups is 1. The van der Waals surface area contributed by atoms with Gasteiger partial charge in [-0.1, -0.05) is 91.0 Å². The first-order chi connectivity index (χ1) is 12.8. The first kappa shape index (κ1) is 17.0. The van der Waals surface area contributed by atoms with Crippen molar-refractivity contribution in [1.82, 2.24) is 4.90 Å². The molecule has 26 heavy (non-hydrogen) atoms. The molecule has 3 aromatic carbocycles. The molecule has 1 atom stereocenters. The summed E-state index contributed by atoms with van der Waals surface area (Å²) in [4.78, 5) is 2.29. The van der Waals surface area contributed by atoms with E-state index in [1.165, 1.54) is 16.7 Å². The van der Waals surface area contributed by atoms with Gasteiger partial charge in [0, 0.05) is 6.54 Å². The highest BCUT2D eigenvalue weighted by Crippen LogP contribution is 2.44. The third kappa shape index (κ3) is 2.86. The molecule has 2 heteroatoms. The summed E-state index contributed by atoms with van der Waals surface area (Å²) in [6.07, 6.45) is 2.54. The van der Waals surface area contributed by atoms with Crippen LogP contribution in [0.4, 0.5) is 0 Å². The molecule has 0 saturated carbocycles. The standard InChI is InChI=1S/C24H25NO/c26-23-18-10-11-19-25(23)24(20-12-4-1-5-13-20,21-14-6-2-7-15-21)22-16-8-3-9-17-22/h1-9,12-17,23,26H,10-11,18-19H2. The Morgan fingerprint density at radius 3 is 1.46 bits per heavy atom. The van der Waals surface area contributed by atoms with Crippen LogP contribution in [-0.2, 0) is 5.54 Å². The Hall–Kier alpha value is -2.42. The topological polar surface area (TPSA) is 23.5 Å². The number of hydrogen-bond donors (Lipinski definition) is 1. The van der Waals surface area contributed by atoms with Gasteiger partial charge in [-0.25, -0.2) is 0 Å². The molecular formula is C24H25NO. The molecule has 0 spiro atoms. The first-order valence-electron chi connectivity index (χ1n) is 9.45. The van der Waals surface area contributed by atoms with Crippen LogP contribution in [0.25, 0.3) is 0 Å². The van der Waals surface area contributed by atoms with Gasteiger partial charge in [0.25, 0.3) is 0 Å². The lowest BCUT2D eigenvalue weighted by molar-refractivity contribution is -0.0674. The highest BCUT2D eigenvalue weighted by Gasteiger charge is 2.45. The fraction of sp³-hybridized carbons (Fsp3) is 0.250. The molecule has 0 aliphatic carbocycles. The van der Waals surface area contributed by atoms with E-state index in [9.17, 15) is 5.11 Å². The molecule has 1 saturated heterocycles. The predicted molar refractivity (Wildman–Crippen MR) is 106 cm³/mol. The summed E-state index contributed by atoms with van der Waals surface area (Å²) in [6.45, 7) is 0.875.